The van der Waals surface area contributed by atoms with Crippen molar-refractivity contribution in [1.82, 2.24) is 9.55 Å². The van der Waals surface area contributed by atoms with Crippen molar-refractivity contribution >= 4 is 11.6 Å². The molecule has 0 N–H and O–H groups in total. The molecule has 1 heterocycles. The van der Waals surface area contributed by atoms with Crippen LogP contribution in [0.3, 0.4) is 0 Å². The summed E-state index contributed by atoms with van der Waals surface area (Å²) in [5, 5.41) is 0. The second-order valence-corrected chi connectivity index (χ2v) is 5.61. The molecule has 0 atom stereocenters. The highest BCUT2D eigenvalue weighted by molar-refractivity contribution is 6.16. The van der Waals surface area contributed by atoms with Gasteiger partial charge >= 0.3 is 0 Å². The summed E-state index contributed by atoms with van der Waals surface area (Å²) >= 11 is 5.75. The summed E-state index contributed by atoms with van der Waals surface area (Å²) in [7, 11) is 0. The van der Waals surface area contributed by atoms with Crippen molar-refractivity contribution in [2.45, 2.75) is 51.5 Å². The van der Waals surface area contributed by atoms with E-state index in [-0.39, 0.29) is 0 Å². The van der Waals surface area contributed by atoms with E-state index in [9.17, 15) is 0 Å². The Balaban J connectivity index is 2.01. The maximum atomic E-state index is 5.75. The van der Waals surface area contributed by atoms with Gasteiger partial charge < -0.3 is 4.57 Å². The summed E-state index contributed by atoms with van der Waals surface area (Å²) in [5.74, 6) is 0.519. The molecule has 2 rings (SSSR count). The average molecular weight is 227 g/mol. The lowest BCUT2D eigenvalue weighted by Gasteiger charge is -2.34. The summed E-state index contributed by atoms with van der Waals surface area (Å²) in [5.41, 5.74) is 1.52. The van der Waals surface area contributed by atoms with Crippen LogP contribution in [0.15, 0.2) is 12.5 Å². The number of rotatable bonds is 2. The lowest BCUT2D eigenvalue weighted by Crippen LogP contribution is -2.22. The topological polar surface area (TPSA) is 17.8 Å². The van der Waals surface area contributed by atoms with E-state index in [2.05, 4.69) is 29.6 Å². The minimum absolute atomic E-state index is 0.519. The number of alkyl halides is 1. The van der Waals surface area contributed by atoms with Crippen molar-refractivity contribution in [3.8, 4) is 0 Å². The molecule has 0 spiro atoms. The number of imidazole rings is 1. The van der Waals surface area contributed by atoms with Gasteiger partial charge in [0.25, 0.3) is 0 Å². The van der Waals surface area contributed by atoms with Crippen LogP contribution in [0.4, 0.5) is 0 Å². The average Bonchev–Trinajstić information content (AvgIpc) is 2.66. The molecule has 1 aliphatic carbocycles. The van der Waals surface area contributed by atoms with E-state index in [1.807, 2.05) is 6.33 Å². The molecule has 0 aromatic carbocycles. The minimum Gasteiger partial charge on any atom is -0.334 e. The molecular weight excluding hydrogens is 208 g/mol. The Morgan fingerprint density at radius 2 is 2.13 bits per heavy atom. The van der Waals surface area contributed by atoms with Gasteiger partial charge in [-0.15, -0.1) is 11.6 Å². The van der Waals surface area contributed by atoms with E-state index in [0.29, 0.717) is 17.3 Å². The minimum atomic E-state index is 0.519. The first-order valence-corrected chi connectivity index (χ1v) is 6.22. The number of aromatic nitrogens is 2. The van der Waals surface area contributed by atoms with Crippen molar-refractivity contribution < 1.29 is 0 Å². The third-order valence-electron chi connectivity index (χ3n) is 3.52. The van der Waals surface area contributed by atoms with Crippen LogP contribution in [-0.2, 0) is 5.88 Å². The molecule has 0 radical (unpaired) electrons. The lowest BCUT2D eigenvalue weighted by molar-refractivity contribution is 0.193. The van der Waals surface area contributed by atoms with E-state index in [0.717, 1.165) is 5.69 Å². The van der Waals surface area contributed by atoms with Crippen molar-refractivity contribution in [2.24, 2.45) is 5.41 Å². The molecule has 0 bridgehead atoms. The van der Waals surface area contributed by atoms with E-state index >= 15 is 0 Å². The summed E-state index contributed by atoms with van der Waals surface area (Å²) < 4.78 is 2.24. The Hall–Kier alpha value is -0.500. The van der Waals surface area contributed by atoms with Gasteiger partial charge in [-0.2, -0.15) is 0 Å². The fourth-order valence-electron chi connectivity index (χ4n) is 2.33. The maximum Gasteiger partial charge on any atom is 0.0952 e. The highest BCUT2D eigenvalue weighted by Gasteiger charge is 2.27. The van der Waals surface area contributed by atoms with Crippen molar-refractivity contribution in [1.29, 1.82) is 0 Å². The van der Waals surface area contributed by atoms with Crippen molar-refractivity contribution in [2.75, 3.05) is 0 Å². The van der Waals surface area contributed by atoms with Gasteiger partial charge in [-0.3, -0.25) is 0 Å². The SMILES string of the molecule is CC1(C)CCC(n2cnc(CCl)c2)CC1. The van der Waals surface area contributed by atoms with Crippen LogP contribution in [0, 0.1) is 5.41 Å². The molecular formula is C12H19ClN2. The first-order valence-electron chi connectivity index (χ1n) is 5.69. The number of hydrogen-bond donors (Lipinski definition) is 0. The maximum absolute atomic E-state index is 5.75. The van der Waals surface area contributed by atoms with Crippen LogP contribution < -0.4 is 0 Å². The monoisotopic (exact) mass is 226 g/mol. The fourth-order valence-corrected chi connectivity index (χ4v) is 2.47. The first kappa shape index (κ1) is 11.0. The Morgan fingerprint density at radius 1 is 1.47 bits per heavy atom. The van der Waals surface area contributed by atoms with E-state index in [1.54, 1.807) is 0 Å². The van der Waals surface area contributed by atoms with Gasteiger partial charge in [0.15, 0.2) is 0 Å². The van der Waals surface area contributed by atoms with Crippen LogP contribution in [0.1, 0.15) is 51.3 Å². The standard InChI is InChI=1S/C12H19ClN2/c1-12(2)5-3-11(4-6-12)15-8-10(7-13)14-9-15/h8-9,11H,3-7H2,1-2H3. The molecule has 0 amide bonds. The van der Waals surface area contributed by atoms with Gasteiger partial charge in [0.05, 0.1) is 17.9 Å². The zero-order chi connectivity index (χ0) is 10.9. The molecule has 1 aliphatic rings. The summed E-state index contributed by atoms with van der Waals surface area (Å²) in [4.78, 5) is 4.28. The van der Waals surface area contributed by atoms with Crippen molar-refractivity contribution in [3.05, 3.63) is 18.2 Å². The number of halogens is 1. The number of hydrogen-bond acceptors (Lipinski definition) is 1. The van der Waals surface area contributed by atoms with Gasteiger partial charge in [0.1, 0.15) is 0 Å². The molecule has 15 heavy (non-hydrogen) atoms. The van der Waals surface area contributed by atoms with Gasteiger partial charge in [-0.1, -0.05) is 13.8 Å². The lowest BCUT2D eigenvalue weighted by atomic mass is 9.75. The molecule has 1 aromatic rings. The van der Waals surface area contributed by atoms with Gasteiger partial charge in [0, 0.05) is 12.2 Å². The Morgan fingerprint density at radius 3 is 2.67 bits per heavy atom. The Kier molecular flexibility index (Phi) is 3.06. The van der Waals surface area contributed by atoms with E-state index in [1.165, 1.54) is 25.7 Å². The van der Waals surface area contributed by atoms with Crippen LogP contribution in [-0.4, -0.2) is 9.55 Å². The molecule has 3 heteroatoms. The van der Waals surface area contributed by atoms with Gasteiger partial charge in [-0.05, 0) is 31.1 Å². The normalized spacial score (nSPS) is 21.8. The molecule has 0 unspecified atom stereocenters. The molecule has 2 nitrogen and oxygen atoms in total. The zero-order valence-electron chi connectivity index (χ0n) is 9.54. The third kappa shape index (κ3) is 2.54. The molecule has 0 aliphatic heterocycles. The Labute approximate surface area is 96.7 Å². The second-order valence-electron chi connectivity index (χ2n) is 5.34. The molecule has 84 valence electrons. The van der Waals surface area contributed by atoms with Gasteiger partial charge in [0.2, 0.25) is 0 Å². The van der Waals surface area contributed by atoms with E-state index in [4.69, 9.17) is 11.6 Å². The highest BCUT2D eigenvalue weighted by atomic mass is 35.5. The van der Waals surface area contributed by atoms with E-state index < -0.39 is 0 Å². The summed E-state index contributed by atoms with van der Waals surface area (Å²) in [6.07, 6.45) is 9.19. The summed E-state index contributed by atoms with van der Waals surface area (Å²) in [6.45, 7) is 4.72. The summed E-state index contributed by atoms with van der Waals surface area (Å²) in [6, 6.07) is 0.641. The van der Waals surface area contributed by atoms with Crippen LogP contribution in [0.5, 0.6) is 0 Å². The zero-order valence-corrected chi connectivity index (χ0v) is 10.3. The van der Waals surface area contributed by atoms with Gasteiger partial charge in [-0.25, -0.2) is 4.98 Å². The predicted octanol–water partition coefficient (Wildman–Crippen LogP) is 3.76. The second kappa shape index (κ2) is 4.17. The predicted molar refractivity (Wildman–Crippen MR) is 63.1 cm³/mol. The molecule has 0 saturated heterocycles. The largest absolute Gasteiger partial charge is 0.334 e. The van der Waals surface area contributed by atoms with Crippen molar-refractivity contribution in [3.63, 3.8) is 0 Å². The first-order chi connectivity index (χ1) is 7.11. The third-order valence-corrected chi connectivity index (χ3v) is 3.80. The fraction of sp³-hybridized carbons (Fsp3) is 0.750. The van der Waals surface area contributed by atoms with Crippen LogP contribution in [0.25, 0.3) is 0 Å². The molecule has 1 fully saturated rings. The molecule has 1 aromatic heterocycles. The smallest absolute Gasteiger partial charge is 0.0952 e. The molecule has 1 saturated carbocycles. The van der Waals surface area contributed by atoms with Crippen LogP contribution in [0.2, 0.25) is 0 Å². The Bertz CT molecular complexity index is 320. The quantitative estimate of drug-likeness (QED) is 0.703. The highest BCUT2D eigenvalue weighted by Crippen LogP contribution is 2.39. The van der Waals surface area contributed by atoms with Crippen LogP contribution >= 0.6 is 11.6 Å². The number of nitrogens with zero attached hydrogens (tertiary/aromatic N) is 2.